The minimum Gasteiger partial charge on any atom is -0.459 e. The van der Waals surface area contributed by atoms with E-state index in [0.29, 0.717) is 5.56 Å². The molecule has 2 aromatic rings. The normalized spacial score (nSPS) is 24.7. The first-order valence-corrected chi connectivity index (χ1v) is 8.35. The van der Waals surface area contributed by atoms with Crippen molar-refractivity contribution >= 4 is 5.97 Å². The maximum absolute atomic E-state index is 12.1. The summed E-state index contributed by atoms with van der Waals surface area (Å²) >= 11 is 0. The number of aromatic nitrogens is 2. The van der Waals surface area contributed by atoms with E-state index in [1.54, 1.807) is 24.3 Å². The molecule has 0 aliphatic carbocycles. The van der Waals surface area contributed by atoms with Gasteiger partial charge in [0, 0.05) is 11.8 Å². The number of hydrogen-bond acceptors (Lipinski definition) is 7. The molecule has 9 heteroatoms. The highest BCUT2D eigenvalue weighted by molar-refractivity contribution is 5.89. The van der Waals surface area contributed by atoms with E-state index in [9.17, 15) is 24.6 Å². The van der Waals surface area contributed by atoms with Crippen molar-refractivity contribution < 1.29 is 24.5 Å². The molecule has 1 fully saturated rings. The van der Waals surface area contributed by atoms with Crippen LogP contribution in [0.2, 0.25) is 0 Å². The molecule has 1 saturated heterocycles. The number of benzene rings is 1. The first-order chi connectivity index (χ1) is 12.8. The van der Waals surface area contributed by atoms with Crippen LogP contribution < -0.4 is 11.2 Å². The minimum atomic E-state index is -1.43. The predicted molar refractivity (Wildman–Crippen MR) is 93.4 cm³/mol. The molecule has 144 valence electrons. The third kappa shape index (κ3) is 3.85. The van der Waals surface area contributed by atoms with Gasteiger partial charge in [-0.15, -0.1) is 0 Å². The van der Waals surface area contributed by atoms with Crippen LogP contribution in [0.5, 0.6) is 0 Å². The second-order valence-electron chi connectivity index (χ2n) is 6.49. The highest BCUT2D eigenvalue weighted by atomic mass is 16.6. The number of H-pyrrole nitrogens is 1. The van der Waals surface area contributed by atoms with E-state index in [-0.39, 0.29) is 12.2 Å². The van der Waals surface area contributed by atoms with Gasteiger partial charge >= 0.3 is 11.7 Å². The van der Waals surface area contributed by atoms with Gasteiger partial charge in [-0.05, 0) is 26.0 Å². The van der Waals surface area contributed by atoms with E-state index < -0.39 is 41.8 Å². The van der Waals surface area contributed by atoms with Gasteiger partial charge in [-0.25, -0.2) is 9.59 Å². The fourth-order valence-corrected chi connectivity index (χ4v) is 2.80. The number of esters is 1. The molecule has 1 aromatic heterocycles. The second kappa shape index (κ2) is 7.47. The van der Waals surface area contributed by atoms with Gasteiger partial charge in [0.05, 0.1) is 5.56 Å². The molecular formula is C18H20N2O7. The molecule has 0 saturated carbocycles. The summed E-state index contributed by atoms with van der Waals surface area (Å²) in [7, 11) is 0. The number of aliphatic hydroxyl groups is 2. The number of aliphatic hydroxyl groups excluding tert-OH is 2. The zero-order valence-corrected chi connectivity index (χ0v) is 14.8. The van der Waals surface area contributed by atoms with Crippen LogP contribution in [0.3, 0.4) is 0 Å². The van der Waals surface area contributed by atoms with Crippen LogP contribution in [0.25, 0.3) is 0 Å². The Morgan fingerprint density at radius 1 is 1.19 bits per heavy atom. The van der Waals surface area contributed by atoms with Crippen molar-refractivity contribution in [1.29, 1.82) is 0 Å². The number of nitrogens with zero attached hydrogens (tertiary/aromatic N) is 1. The summed E-state index contributed by atoms with van der Waals surface area (Å²) in [6, 6.07) is 6.76. The van der Waals surface area contributed by atoms with Crippen molar-refractivity contribution in [3.63, 3.8) is 0 Å². The lowest BCUT2D eigenvalue weighted by Crippen LogP contribution is -2.38. The largest absolute Gasteiger partial charge is 0.459 e. The van der Waals surface area contributed by atoms with Gasteiger partial charge in [-0.2, -0.15) is 0 Å². The fraction of sp³-hybridized carbons (Fsp3) is 0.389. The summed E-state index contributed by atoms with van der Waals surface area (Å²) in [6.07, 6.45) is -3.82. The van der Waals surface area contributed by atoms with Crippen LogP contribution in [-0.2, 0) is 9.47 Å². The first-order valence-electron chi connectivity index (χ1n) is 8.35. The zero-order valence-electron chi connectivity index (χ0n) is 14.8. The van der Waals surface area contributed by atoms with Crippen LogP contribution in [0, 0.1) is 13.8 Å². The van der Waals surface area contributed by atoms with Crippen molar-refractivity contribution in [2.45, 2.75) is 38.4 Å². The van der Waals surface area contributed by atoms with Gasteiger partial charge < -0.3 is 19.7 Å². The number of hydrogen-bond donors (Lipinski definition) is 3. The fourth-order valence-electron chi connectivity index (χ4n) is 2.80. The minimum absolute atomic E-state index is 0.245. The summed E-state index contributed by atoms with van der Waals surface area (Å²) < 4.78 is 11.7. The third-order valence-electron chi connectivity index (χ3n) is 4.42. The van der Waals surface area contributed by atoms with Crippen LogP contribution >= 0.6 is 0 Å². The Labute approximate surface area is 153 Å². The molecular weight excluding hydrogens is 356 g/mol. The molecule has 0 radical (unpaired) electrons. The highest BCUT2D eigenvalue weighted by Crippen LogP contribution is 2.28. The van der Waals surface area contributed by atoms with Crippen molar-refractivity contribution in [2.75, 3.05) is 6.61 Å². The highest BCUT2D eigenvalue weighted by Gasteiger charge is 2.44. The lowest BCUT2D eigenvalue weighted by molar-refractivity contribution is -0.0599. The Hall–Kier alpha value is -2.75. The van der Waals surface area contributed by atoms with E-state index >= 15 is 0 Å². The maximum Gasteiger partial charge on any atom is 0.338 e. The first kappa shape index (κ1) is 19.0. The number of carbonyl (C=O) groups excluding carboxylic acids is 1. The smallest absolute Gasteiger partial charge is 0.338 e. The van der Waals surface area contributed by atoms with Crippen LogP contribution in [-0.4, -0.2) is 50.7 Å². The van der Waals surface area contributed by atoms with Crippen LogP contribution in [0.1, 0.15) is 27.7 Å². The van der Waals surface area contributed by atoms with Crippen LogP contribution in [0.4, 0.5) is 0 Å². The van der Waals surface area contributed by atoms with E-state index in [1.165, 1.54) is 13.1 Å². The quantitative estimate of drug-likeness (QED) is 0.621. The molecule has 0 spiro atoms. The standard InChI is InChI=1S/C18H20N2O7/c1-9-3-5-11(6-4-9)17(24)26-8-12-13(21)14(22)16(27-12)20-7-10(2)15(23)19-18(20)25/h3-7,12-14,16,21-22H,8H2,1-2H3,(H,19,23,25)/t12-,13?,14?,16-/m1/s1. The summed E-state index contributed by atoms with van der Waals surface area (Å²) in [5, 5.41) is 20.4. The van der Waals surface area contributed by atoms with Gasteiger partial charge in [0.2, 0.25) is 0 Å². The summed E-state index contributed by atoms with van der Waals surface area (Å²) in [5.41, 5.74) is 0.257. The van der Waals surface area contributed by atoms with Crippen molar-refractivity contribution in [3.05, 3.63) is 68.0 Å². The monoisotopic (exact) mass is 376 g/mol. The number of aryl methyl sites for hydroxylation is 2. The van der Waals surface area contributed by atoms with Crippen LogP contribution in [0.15, 0.2) is 40.1 Å². The summed E-state index contributed by atoms with van der Waals surface area (Å²) in [4.78, 5) is 37.6. The third-order valence-corrected chi connectivity index (χ3v) is 4.42. The Bertz CT molecular complexity index is 947. The zero-order chi connectivity index (χ0) is 19.7. The molecule has 0 bridgehead atoms. The SMILES string of the molecule is Cc1ccc(C(=O)OC[C@H]2O[C@@H](n3cc(C)c(=O)[nH]c3=O)C(O)C2O)cc1. The Morgan fingerprint density at radius 3 is 2.52 bits per heavy atom. The van der Waals surface area contributed by atoms with Gasteiger partial charge in [0.1, 0.15) is 24.9 Å². The molecule has 3 rings (SSSR count). The molecule has 27 heavy (non-hydrogen) atoms. The molecule has 1 aliphatic rings. The maximum atomic E-state index is 12.1. The topological polar surface area (TPSA) is 131 Å². The Kier molecular flexibility index (Phi) is 5.26. The molecule has 2 heterocycles. The number of ether oxygens (including phenoxy) is 2. The molecule has 1 aromatic carbocycles. The molecule has 0 amide bonds. The van der Waals surface area contributed by atoms with Crippen molar-refractivity contribution in [2.24, 2.45) is 0 Å². The van der Waals surface area contributed by atoms with Gasteiger partial charge in [-0.1, -0.05) is 17.7 Å². The number of carbonyl (C=O) groups is 1. The number of nitrogens with one attached hydrogen (secondary N) is 1. The van der Waals surface area contributed by atoms with Gasteiger partial charge in [0.15, 0.2) is 6.23 Å². The lowest BCUT2D eigenvalue weighted by atomic mass is 10.1. The molecule has 3 N–H and O–H groups in total. The molecule has 1 aliphatic heterocycles. The second-order valence-corrected chi connectivity index (χ2v) is 6.49. The number of aromatic amines is 1. The van der Waals surface area contributed by atoms with Gasteiger partial charge in [-0.3, -0.25) is 14.3 Å². The molecule has 4 atom stereocenters. The van der Waals surface area contributed by atoms with E-state index in [1.807, 2.05) is 6.92 Å². The summed E-state index contributed by atoms with van der Waals surface area (Å²) in [5.74, 6) is -0.596. The molecule has 9 nitrogen and oxygen atoms in total. The van der Waals surface area contributed by atoms with Gasteiger partial charge in [0.25, 0.3) is 5.56 Å². The predicted octanol–water partition coefficient (Wildman–Crippen LogP) is -0.370. The average molecular weight is 376 g/mol. The van der Waals surface area contributed by atoms with E-state index in [2.05, 4.69) is 4.98 Å². The van der Waals surface area contributed by atoms with E-state index in [0.717, 1.165) is 10.1 Å². The van der Waals surface area contributed by atoms with Crippen molar-refractivity contribution in [3.8, 4) is 0 Å². The Morgan fingerprint density at radius 2 is 1.85 bits per heavy atom. The average Bonchev–Trinajstić information content (AvgIpc) is 2.91. The van der Waals surface area contributed by atoms with Crippen molar-refractivity contribution in [1.82, 2.24) is 9.55 Å². The lowest BCUT2D eigenvalue weighted by Gasteiger charge is -2.17. The van der Waals surface area contributed by atoms with E-state index in [4.69, 9.17) is 9.47 Å². The summed E-state index contributed by atoms with van der Waals surface area (Å²) in [6.45, 7) is 3.08. The number of rotatable bonds is 4. The Balaban J connectivity index is 1.71. The molecule has 2 unspecified atom stereocenters.